The third-order valence-corrected chi connectivity index (χ3v) is 4.15. The molecule has 0 radical (unpaired) electrons. The van der Waals surface area contributed by atoms with E-state index >= 15 is 0 Å². The van der Waals surface area contributed by atoms with E-state index in [-0.39, 0.29) is 17.8 Å². The summed E-state index contributed by atoms with van der Waals surface area (Å²) in [4.78, 5) is 14.6. The highest BCUT2D eigenvalue weighted by molar-refractivity contribution is 5.81. The molecule has 122 valence electrons. The fraction of sp³-hybridized carbons (Fsp3) is 0.588. The highest BCUT2D eigenvalue weighted by atomic mass is 19.1. The largest absolute Gasteiger partial charge is 0.355 e. The molecule has 5 heteroatoms. The fourth-order valence-corrected chi connectivity index (χ4v) is 2.90. The number of benzene rings is 1. The van der Waals surface area contributed by atoms with Gasteiger partial charge in [-0.05, 0) is 56.5 Å². The summed E-state index contributed by atoms with van der Waals surface area (Å²) in [6.45, 7) is 2.96. The fourth-order valence-electron chi connectivity index (χ4n) is 2.90. The Hall–Kier alpha value is -1.46. The Bertz CT molecular complexity index is 463. The zero-order valence-corrected chi connectivity index (χ0v) is 13.1. The van der Waals surface area contributed by atoms with Gasteiger partial charge in [-0.15, -0.1) is 0 Å². The number of nitrogens with one attached hydrogen (secondary N) is 1. The molecule has 1 fully saturated rings. The molecule has 0 saturated carbocycles. The van der Waals surface area contributed by atoms with Gasteiger partial charge in [-0.3, -0.25) is 9.69 Å². The summed E-state index contributed by atoms with van der Waals surface area (Å²) in [6.07, 6.45) is 4.94. The first-order valence-electron chi connectivity index (χ1n) is 8.17. The first-order valence-corrected chi connectivity index (χ1v) is 8.17. The lowest BCUT2D eigenvalue weighted by atomic mass is 10.0. The van der Waals surface area contributed by atoms with Gasteiger partial charge in [0.2, 0.25) is 5.91 Å². The number of nitrogens with two attached hydrogens (primary N) is 1. The lowest BCUT2D eigenvalue weighted by Gasteiger charge is -2.34. The van der Waals surface area contributed by atoms with Crippen LogP contribution in [0.2, 0.25) is 0 Å². The number of hydrogen-bond acceptors (Lipinski definition) is 3. The molecule has 1 unspecified atom stereocenters. The van der Waals surface area contributed by atoms with Crippen LogP contribution in [0.3, 0.4) is 0 Å². The van der Waals surface area contributed by atoms with Crippen LogP contribution in [-0.4, -0.2) is 36.5 Å². The number of carbonyl (C=O) groups is 1. The molecule has 4 nitrogen and oxygen atoms in total. The average Bonchev–Trinajstić information content (AvgIpc) is 2.54. The van der Waals surface area contributed by atoms with Crippen LogP contribution in [0.4, 0.5) is 4.39 Å². The van der Waals surface area contributed by atoms with E-state index < -0.39 is 0 Å². The molecule has 1 aliphatic heterocycles. The molecule has 0 bridgehead atoms. The van der Waals surface area contributed by atoms with Gasteiger partial charge in [-0.1, -0.05) is 18.6 Å². The number of hydrogen-bond donors (Lipinski definition) is 2. The maximum Gasteiger partial charge on any atom is 0.237 e. The van der Waals surface area contributed by atoms with Gasteiger partial charge >= 0.3 is 0 Å². The minimum Gasteiger partial charge on any atom is -0.355 e. The van der Waals surface area contributed by atoms with Gasteiger partial charge in [0.25, 0.3) is 0 Å². The summed E-state index contributed by atoms with van der Waals surface area (Å²) in [5, 5.41) is 3.02. The molecule has 1 heterocycles. The summed E-state index contributed by atoms with van der Waals surface area (Å²) < 4.78 is 13.0. The molecule has 0 aliphatic carbocycles. The summed E-state index contributed by atoms with van der Waals surface area (Å²) in [5.74, 6) is -0.115. The Morgan fingerprint density at radius 2 is 2.05 bits per heavy atom. The lowest BCUT2D eigenvalue weighted by molar-refractivity contribution is -0.127. The highest BCUT2D eigenvalue weighted by Crippen LogP contribution is 2.20. The van der Waals surface area contributed by atoms with E-state index in [4.69, 9.17) is 5.73 Å². The quantitative estimate of drug-likeness (QED) is 0.758. The van der Waals surface area contributed by atoms with E-state index in [9.17, 15) is 9.18 Å². The number of amides is 1. The Kier molecular flexibility index (Phi) is 6.80. The second kappa shape index (κ2) is 8.86. The molecular weight excluding hydrogens is 281 g/mol. The number of likely N-dealkylation sites (tertiary alicyclic amines) is 1. The van der Waals surface area contributed by atoms with Crippen molar-refractivity contribution in [1.82, 2.24) is 10.2 Å². The average molecular weight is 307 g/mol. The molecule has 22 heavy (non-hydrogen) atoms. The van der Waals surface area contributed by atoms with Gasteiger partial charge in [0.15, 0.2) is 0 Å². The van der Waals surface area contributed by atoms with Gasteiger partial charge in [0.05, 0.1) is 6.04 Å². The van der Waals surface area contributed by atoms with E-state index in [0.29, 0.717) is 19.6 Å². The first-order chi connectivity index (χ1) is 10.7. The number of piperidine rings is 1. The van der Waals surface area contributed by atoms with Gasteiger partial charge < -0.3 is 11.1 Å². The second-order valence-electron chi connectivity index (χ2n) is 5.90. The van der Waals surface area contributed by atoms with Crippen molar-refractivity contribution in [3.8, 4) is 0 Å². The van der Waals surface area contributed by atoms with E-state index in [0.717, 1.165) is 44.2 Å². The molecular formula is C17H26FN3O. The van der Waals surface area contributed by atoms with Crippen molar-refractivity contribution in [2.45, 2.75) is 44.7 Å². The van der Waals surface area contributed by atoms with Crippen LogP contribution < -0.4 is 11.1 Å². The summed E-state index contributed by atoms with van der Waals surface area (Å²) >= 11 is 0. The molecule has 3 N–H and O–H groups in total. The minimum atomic E-state index is -0.225. The minimum absolute atomic E-state index is 0.0725. The molecule has 1 atom stereocenters. The van der Waals surface area contributed by atoms with Crippen molar-refractivity contribution < 1.29 is 9.18 Å². The maximum absolute atomic E-state index is 13.0. The van der Waals surface area contributed by atoms with Crippen molar-refractivity contribution in [2.24, 2.45) is 5.73 Å². The smallest absolute Gasteiger partial charge is 0.237 e. The Balaban J connectivity index is 1.89. The monoisotopic (exact) mass is 307 g/mol. The summed E-state index contributed by atoms with van der Waals surface area (Å²) in [7, 11) is 0. The lowest BCUT2D eigenvalue weighted by Crippen LogP contribution is -2.49. The third kappa shape index (κ3) is 5.07. The number of rotatable bonds is 7. The van der Waals surface area contributed by atoms with Crippen LogP contribution in [0, 0.1) is 5.82 Å². The van der Waals surface area contributed by atoms with E-state index in [1.807, 2.05) is 0 Å². The molecule has 1 saturated heterocycles. The van der Waals surface area contributed by atoms with E-state index in [1.54, 1.807) is 12.1 Å². The van der Waals surface area contributed by atoms with Crippen LogP contribution >= 0.6 is 0 Å². The normalized spacial score (nSPS) is 19.1. The number of nitrogens with zero attached hydrogens (tertiary/aromatic N) is 1. The molecule has 1 aromatic rings. The Morgan fingerprint density at radius 1 is 1.27 bits per heavy atom. The predicted molar refractivity (Wildman–Crippen MR) is 85.7 cm³/mol. The van der Waals surface area contributed by atoms with Gasteiger partial charge in [-0.25, -0.2) is 4.39 Å². The number of unbranched alkanes of at least 4 members (excludes halogenated alkanes) is 1. The topological polar surface area (TPSA) is 58.4 Å². The van der Waals surface area contributed by atoms with Crippen LogP contribution in [0.5, 0.6) is 0 Å². The number of carbonyl (C=O) groups excluding carboxylic acids is 1. The standard InChI is InChI=1S/C17H26FN3O/c18-15-8-6-14(7-9-15)13-21-12-4-1-5-16(21)17(22)20-11-3-2-10-19/h6-9,16H,1-5,10-13,19H2,(H,20,22). The molecule has 2 rings (SSSR count). The Morgan fingerprint density at radius 3 is 2.77 bits per heavy atom. The number of halogens is 1. The van der Waals surface area contributed by atoms with Crippen LogP contribution in [0.25, 0.3) is 0 Å². The maximum atomic E-state index is 13.0. The summed E-state index contributed by atoms with van der Waals surface area (Å²) in [5.41, 5.74) is 6.50. The Labute approximate surface area is 131 Å². The summed E-state index contributed by atoms with van der Waals surface area (Å²) in [6, 6.07) is 6.46. The van der Waals surface area contributed by atoms with Crippen molar-refractivity contribution in [2.75, 3.05) is 19.6 Å². The van der Waals surface area contributed by atoms with Gasteiger partial charge in [0.1, 0.15) is 5.82 Å². The first kappa shape index (κ1) is 16.9. The second-order valence-corrected chi connectivity index (χ2v) is 5.90. The van der Waals surface area contributed by atoms with Crippen LogP contribution in [0.15, 0.2) is 24.3 Å². The van der Waals surface area contributed by atoms with Gasteiger partial charge in [0, 0.05) is 13.1 Å². The van der Waals surface area contributed by atoms with Crippen molar-refractivity contribution in [1.29, 1.82) is 0 Å². The molecule has 0 spiro atoms. The SMILES string of the molecule is NCCCCNC(=O)C1CCCCN1Cc1ccc(F)cc1. The van der Waals surface area contributed by atoms with Crippen molar-refractivity contribution in [3.63, 3.8) is 0 Å². The predicted octanol–water partition coefficient (Wildman–Crippen LogP) is 2.04. The molecule has 1 aromatic carbocycles. The van der Waals surface area contributed by atoms with E-state index in [1.165, 1.54) is 12.1 Å². The zero-order chi connectivity index (χ0) is 15.8. The zero-order valence-electron chi connectivity index (χ0n) is 13.1. The van der Waals surface area contributed by atoms with E-state index in [2.05, 4.69) is 10.2 Å². The van der Waals surface area contributed by atoms with Crippen LogP contribution in [-0.2, 0) is 11.3 Å². The van der Waals surface area contributed by atoms with Crippen LogP contribution in [0.1, 0.15) is 37.7 Å². The molecule has 1 aliphatic rings. The third-order valence-electron chi connectivity index (χ3n) is 4.15. The molecule has 0 aromatic heterocycles. The van der Waals surface area contributed by atoms with Gasteiger partial charge in [-0.2, -0.15) is 0 Å². The molecule has 1 amide bonds. The van der Waals surface area contributed by atoms with Crippen molar-refractivity contribution in [3.05, 3.63) is 35.6 Å². The van der Waals surface area contributed by atoms with Crippen molar-refractivity contribution >= 4 is 5.91 Å². The highest BCUT2D eigenvalue weighted by Gasteiger charge is 2.28.